The van der Waals surface area contributed by atoms with Crippen LogP contribution in [0.15, 0.2) is 0 Å². The fourth-order valence-corrected chi connectivity index (χ4v) is 1.60. The third-order valence-corrected chi connectivity index (χ3v) is 2.43. The number of carbonyl (C=O) groups is 2. The van der Waals surface area contributed by atoms with Crippen molar-refractivity contribution in [3.8, 4) is 0 Å². The summed E-state index contributed by atoms with van der Waals surface area (Å²) in [6.07, 6.45) is 2.36. The average molecular weight is 274 g/mol. The lowest BCUT2D eigenvalue weighted by molar-refractivity contribution is -0.137. The molecule has 0 bridgehead atoms. The number of carboxylic acids is 1. The summed E-state index contributed by atoms with van der Waals surface area (Å²) < 4.78 is 5.16. The Hall–Kier alpha value is -1.30. The third-order valence-electron chi connectivity index (χ3n) is 2.43. The van der Waals surface area contributed by atoms with Gasteiger partial charge in [-0.25, -0.2) is 4.79 Å². The Labute approximate surface area is 114 Å². The van der Waals surface area contributed by atoms with E-state index in [1.54, 1.807) is 20.8 Å². The van der Waals surface area contributed by atoms with Crippen LogP contribution in [0.2, 0.25) is 0 Å². The Balaban J connectivity index is 4.22. The maximum Gasteiger partial charge on any atom is 0.407 e. The van der Waals surface area contributed by atoms with Crippen LogP contribution in [-0.2, 0) is 9.53 Å². The van der Waals surface area contributed by atoms with Crippen molar-refractivity contribution in [1.82, 2.24) is 5.32 Å². The molecule has 0 saturated heterocycles. The molecule has 0 aliphatic carbocycles. The zero-order chi connectivity index (χ0) is 14.9. The van der Waals surface area contributed by atoms with Crippen LogP contribution in [0, 0.1) is 0 Å². The molecule has 0 aliphatic heterocycles. The molecule has 1 unspecified atom stereocenters. The van der Waals surface area contributed by atoms with Crippen LogP contribution >= 0.6 is 0 Å². The first kappa shape index (κ1) is 17.7. The highest BCUT2D eigenvalue weighted by molar-refractivity contribution is 5.69. The summed E-state index contributed by atoms with van der Waals surface area (Å²) in [6.45, 7) is 5.95. The van der Waals surface area contributed by atoms with Crippen molar-refractivity contribution < 1.29 is 19.4 Å². The Kier molecular flexibility index (Phi) is 8.14. The summed E-state index contributed by atoms with van der Waals surface area (Å²) in [5.74, 6) is -0.866. The van der Waals surface area contributed by atoms with Crippen molar-refractivity contribution in [1.29, 1.82) is 0 Å². The molecule has 0 rings (SSSR count). The number of aliphatic carboxylic acids is 1. The quantitative estimate of drug-likeness (QED) is 0.586. The summed E-state index contributed by atoms with van der Waals surface area (Å²) in [5, 5.41) is 11.4. The van der Waals surface area contributed by atoms with E-state index in [1.165, 1.54) is 0 Å². The number of alkyl carbamates (subject to hydrolysis) is 1. The van der Waals surface area contributed by atoms with Gasteiger partial charge in [-0.2, -0.15) is 0 Å². The number of carboxylic acid groups (broad SMARTS) is 1. The highest BCUT2D eigenvalue weighted by atomic mass is 16.6. The van der Waals surface area contributed by atoms with Gasteiger partial charge >= 0.3 is 12.1 Å². The van der Waals surface area contributed by atoms with Crippen molar-refractivity contribution in [2.24, 2.45) is 5.73 Å². The molecule has 0 aromatic heterocycles. The molecule has 0 spiro atoms. The minimum absolute atomic E-state index is 0.0308. The Morgan fingerprint density at radius 1 is 1.26 bits per heavy atom. The van der Waals surface area contributed by atoms with E-state index in [1.807, 2.05) is 0 Å². The van der Waals surface area contributed by atoms with Gasteiger partial charge in [0.25, 0.3) is 0 Å². The van der Waals surface area contributed by atoms with Gasteiger partial charge in [0.05, 0.1) is 0 Å². The molecule has 0 aromatic rings. The first-order chi connectivity index (χ1) is 8.74. The summed E-state index contributed by atoms with van der Waals surface area (Å²) in [5.41, 5.74) is 4.86. The molecule has 1 atom stereocenters. The summed E-state index contributed by atoms with van der Waals surface area (Å²) in [4.78, 5) is 22.2. The molecule has 0 radical (unpaired) electrons. The standard InChI is InChI=1S/C13H26N2O4/c1-13(2,3)19-12(18)15-10(6-4-5-9-14)7-8-11(16)17/h10H,4-9,14H2,1-3H3,(H,15,18)(H,16,17). The molecule has 0 aromatic carbocycles. The number of nitrogens with one attached hydrogen (secondary N) is 1. The molecule has 6 nitrogen and oxygen atoms in total. The molecule has 0 fully saturated rings. The lowest BCUT2D eigenvalue weighted by Gasteiger charge is -2.23. The van der Waals surface area contributed by atoms with Gasteiger partial charge in [0.15, 0.2) is 0 Å². The van der Waals surface area contributed by atoms with Crippen LogP contribution in [0.4, 0.5) is 4.79 Å². The topological polar surface area (TPSA) is 102 Å². The predicted octanol–water partition coefficient (Wildman–Crippen LogP) is 1.87. The van der Waals surface area contributed by atoms with E-state index in [9.17, 15) is 9.59 Å². The zero-order valence-electron chi connectivity index (χ0n) is 12.1. The van der Waals surface area contributed by atoms with E-state index in [-0.39, 0.29) is 12.5 Å². The van der Waals surface area contributed by atoms with Gasteiger partial charge in [-0.1, -0.05) is 6.42 Å². The van der Waals surface area contributed by atoms with Crippen LogP contribution in [0.5, 0.6) is 0 Å². The second kappa shape index (κ2) is 8.74. The smallest absolute Gasteiger partial charge is 0.407 e. The fraction of sp³-hybridized carbons (Fsp3) is 0.846. The third kappa shape index (κ3) is 11.5. The molecular formula is C13H26N2O4. The highest BCUT2D eigenvalue weighted by Gasteiger charge is 2.19. The zero-order valence-corrected chi connectivity index (χ0v) is 12.1. The number of rotatable bonds is 8. The number of hydrogen-bond acceptors (Lipinski definition) is 4. The van der Waals surface area contributed by atoms with Gasteiger partial charge in [-0.3, -0.25) is 4.79 Å². The molecule has 112 valence electrons. The maximum absolute atomic E-state index is 11.6. The summed E-state index contributed by atoms with van der Waals surface area (Å²) in [7, 11) is 0. The lowest BCUT2D eigenvalue weighted by Crippen LogP contribution is -2.39. The predicted molar refractivity (Wildman–Crippen MR) is 72.9 cm³/mol. The van der Waals surface area contributed by atoms with E-state index in [4.69, 9.17) is 15.6 Å². The lowest BCUT2D eigenvalue weighted by atomic mass is 10.0. The highest BCUT2D eigenvalue weighted by Crippen LogP contribution is 2.10. The number of hydrogen-bond donors (Lipinski definition) is 3. The maximum atomic E-state index is 11.6. The summed E-state index contributed by atoms with van der Waals surface area (Å²) >= 11 is 0. The van der Waals surface area contributed by atoms with Gasteiger partial charge in [0, 0.05) is 12.5 Å². The van der Waals surface area contributed by atoms with Crippen molar-refractivity contribution in [2.45, 2.75) is 64.5 Å². The van der Waals surface area contributed by atoms with Crippen molar-refractivity contribution in [3.05, 3.63) is 0 Å². The molecular weight excluding hydrogens is 248 g/mol. The van der Waals surface area contributed by atoms with E-state index in [0.29, 0.717) is 19.4 Å². The van der Waals surface area contributed by atoms with Crippen LogP contribution in [-0.4, -0.2) is 35.4 Å². The van der Waals surface area contributed by atoms with Crippen LogP contribution in [0.25, 0.3) is 0 Å². The van der Waals surface area contributed by atoms with Gasteiger partial charge in [0.2, 0.25) is 0 Å². The largest absolute Gasteiger partial charge is 0.481 e. The van der Waals surface area contributed by atoms with E-state index >= 15 is 0 Å². The number of nitrogens with two attached hydrogens (primary N) is 1. The summed E-state index contributed by atoms with van der Waals surface area (Å²) in [6, 6.07) is -0.183. The van der Waals surface area contributed by atoms with Gasteiger partial charge < -0.3 is 20.9 Å². The van der Waals surface area contributed by atoms with Gasteiger partial charge in [-0.15, -0.1) is 0 Å². The van der Waals surface area contributed by atoms with E-state index in [0.717, 1.165) is 12.8 Å². The molecule has 0 saturated carbocycles. The van der Waals surface area contributed by atoms with Crippen molar-refractivity contribution >= 4 is 12.1 Å². The molecule has 0 heterocycles. The number of carbonyl (C=O) groups excluding carboxylic acids is 1. The Morgan fingerprint density at radius 2 is 1.89 bits per heavy atom. The van der Waals surface area contributed by atoms with Crippen LogP contribution in [0.3, 0.4) is 0 Å². The molecule has 4 N–H and O–H groups in total. The van der Waals surface area contributed by atoms with Crippen LogP contribution < -0.4 is 11.1 Å². The minimum Gasteiger partial charge on any atom is -0.481 e. The molecule has 6 heteroatoms. The molecule has 19 heavy (non-hydrogen) atoms. The SMILES string of the molecule is CC(C)(C)OC(=O)NC(CCCCN)CCC(=O)O. The Morgan fingerprint density at radius 3 is 2.37 bits per heavy atom. The number of unbranched alkanes of at least 4 members (excludes halogenated alkanes) is 1. The van der Waals surface area contributed by atoms with E-state index in [2.05, 4.69) is 5.32 Å². The molecule has 1 amide bonds. The normalized spacial score (nSPS) is 12.8. The van der Waals surface area contributed by atoms with E-state index < -0.39 is 17.7 Å². The second-order valence-electron chi connectivity index (χ2n) is 5.56. The number of amides is 1. The van der Waals surface area contributed by atoms with Gasteiger partial charge in [0.1, 0.15) is 5.60 Å². The second-order valence-corrected chi connectivity index (χ2v) is 5.56. The van der Waals surface area contributed by atoms with Crippen molar-refractivity contribution in [2.75, 3.05) is 6.54 Å². The molecule has 0 aliphatic rings. The fourth-order valence-electron chi connectivity index (χ4n) is 1.60. The number of ether oxygens (including phenoxy) is 1. The van der Waals surface area contributed by atoms with Crippen LogP contribution in [0.1, 0.15) is 52.9 Å². The minimum atomic E-state index is -0.866. The first-order valence-electron chi connectivity index (χ1n) is 6.66. The monoisotopic (exact) mass is 274 g/mol. The Bertz CT molecular complexity index is 287. The first-order valence-corrected chi connectivity index (χ1v) is 6.66. The van der Waals surface area contributed by atoms with Gasteiger partial charge in [-0.05, 0) is 46.6 Å². The average Bonchev–Trinajstić information content (AvgIpc) is 2.23. The van der Waals surface area contributed by atoms with Crippen molar-refractivity contribution in [3.63, 3.8) is 0 Å².